The van der Waals surface area contributed by atoms with Crippen LogP contribution in [0.4, 0.5) is 0 Å². The first-order valence-electron chi connectivity index (χ1n) is 5.90. The van der Waals surface area contributed by atoms with E-state index in [4.69, 9.17) is 14.6 Å². The number of hydrogen-bond acceptors (Lipinski definition) is 4. The molecule has 94 valence electrons. The number of aliphatic hydroxyl groups excluding tert-OH is 1. The van der Waals surface area contributed by atoms with Crippen LogP contribution < -0.4 is 5.32 Å². The van der Waals surface area contributed by atoms with E-state index in [-0.39, 0.29) is 25.0 Å². The highest BCUT2D eigenvalue weighted by molar-refractivity contribution is 5.14. The molecule has 0 aliphatic carbocycles. The lowest BCUT2D eigenvalue weighted by Crippen LogP contribution is -2.36. The zero-order valence-corrected chi connectivity index (χ0v) is 10.0. The molecule has 0 spiro atoms. The third-order valence-corrected chi connectivity index (χ3v) is 3.02. The Labute approximate surface area is 102 Å². The van der Waals surface area contributed by atoms with Crippen LogP contribution >= 0.6 is 0 Å². The van der Waals surface area contributed by atoms with Gasteiger partial charge in [-0.1, -0.05) is 30.3 Å². The monoisotopic (exact) mass is 237 g/mol. The Morgan fingerprint density at radius 1 is 1.41 bits per heavy atom. The van der Waals surface area contributed by atoms with Crippen LogP contribution in [0.3, 0.4) is 0 Å². The zero-order chi connectivity index (χ0) is 12.1. The number of benzene rings is 1. The highest BCUT2D eigenvalue weighted by Crippen LogP contribution is 2.21. The minimum absolute atomic E-state index is 0.0450. The molecule has 2 N–H and O–H groups in total. The normalized spacial score (nSPS) is 28.5. The lowest BCUT2D eigenvalue weighted by Gasteiger charge is -2.18. The van der Waals surface area contributed by atoms with Gasteiger partial charge in [-0.25, -0.2) is 0 Å². The molecule has 4 nitrogen and oxygen atoms in total. The van der Waals surface area contributed by atoms with Gasteiger partial charge in [-0.05, 0) is 12.0 Å². The fraction of sp³-hybridized carbons (Fsp3) is 0.538. The van der Waals surface area contributed by atoms with E-state index in [0.29, 0.717) is 0 Å². The van der Waals surface area contributed by atoms with Gasteiger partial charge >= 0.3 is 0 Å². The quantitative estimate of drug-likeness (QED) is 0.799. The fourth-order valence-corrected chi connectivity index (χ4v) is 2.10. The van der Waals surface area contributed by atoms with Gasteiger partial charge in [0.05, 0.1) is 18.8 Å². The number of hydrogen-bond donors (Lipinski definition) is 2. The van der Waals surface area contributed by atoms with Crippen LogP contribution in [-0.2, 0) is 16.0 Å². The maximum atomic E-state index is 9.07. The van der Waals surface area contributed by atoms with Crippen molar-refractivity contribution < 1.29 is 14.6 Å². The molecule has 4 heteroatoms. The third kappa shape index (κ3) is 3.26. The summed E-state index contributed by atoms with van der Waals surface area (Å²) in [6.07, 6.45) is 0.394. The summed E-state index contributed by atoms with van der Waals surface area (Å²) in [6.45, 7) is 0.830. The molecule has 1 aliphatic heterocycles. The Kier molecular flexibility index (Phi) is 4.50. The lowest BCUT2D eigenvalue weighted by atomic mass is 10.1. The summed E-state index contributed by atoms with van der Waals surface area (Å²) in [5.74, 6) is 0. The standard InChI is InChI=1S/C13H19NO3/c1-16-13-12(7-11(9-15)17-13)14-8-10-5-3-2-4-6-10/h2-6,11-15H,7-9H2,1H3/t11-,12+,13+/m0/s1. The molecule has 0 unspecified atom stereocenters. The van der Waals surface area contributed by atoms with Crippen molar-refractivity contribution in [1.29, 1.82) is 0 Å². The van der Waals surface area contributed by atoms with Gasteiger partial charge in [-0.3, -0.25) is 0 Å². The zero-order valence-electron chi connectivity index (χ0n) is 10.0. The van der Waals surface area contributed by atoms with Crippen molar-refractivity contribution in [2.24, 2.45) is 0 Å². The van der Waals surface area contributed by atoms with Crippen molar-refractivity contribution in [3.63, 3.8) is 0 Å². The van der Waals surface area contributed by atoms with Gasteiger partial charge in [0.25, 0.3) is 0 Å². The molecule has 1 heterocycles. The van der Waals surface area contributed by atoms with Crippen molar-refractivity contribution in [3.8, 4) is 0 Å². The molecule has 0 saturated carbocycles. The highest BCUT2D eigenvalue weighted by atomic mass is 16.7. The summed E-state index contributed by atoms with van der Waals surface area (Å²) < 4.78 is 10.8. The summed E-state index contributed by atoms with van der Waals surface area (Å²) in [7, 11) is 1.63. The van der Waals surface area contributed by atoms with Gasteiger partial charge in [0, 0.05) is 13.7 Å². The molecule has 1 aromatic carbocycles. The summed E-state index contributed by atoms with van der Waals surface area (Å²) in [5.41, 5.74) is 1.23. The Balaban J connectivity index is 1.86. The molecule has 3 atom stereocenters. The van der Waals surface area contributed by atoms with Crippen LogP contribution in [-0.4, -0.2) is 37.3 Å². The smallest absolute Gasteiger partial charge is 0.172 e. The Bertz CT molecular complexity index is 331. The van der Waals surface area contributed by atoms with Crippen LogP contribution in [0.15, 0.2) is 30.3 Å². The molecule has 1 aromatic rings. The number of nitrogens with one attached hydrogen (secondary N) is 1. The second-order valence-corrected chi connectivity index (χ2v) is 4.25. The summed E-state index contributed by atoms with van der Waals surface area (Å²) in [4.78, 5) is 0. The van der Waals surface area contributed by atoms with E-state index in [9.17, 15) is 0 Å². The second kappa shape index (κ2) is 6.12. The van der Waals surface area contributed by atoms with Crippen molar-refractivity contribution in [1.82, 2.24) is 5.32 Å². The van der Waals surface area contributed by atoms with E-state index in [1.807, 2.05) is 18.2 Å². The van der Waals surface area contributed by atoms with Gasteiger partial charge in [0.2, 0.25) is 0 Å². The van der Waals surface area contributed by atoms with E-state index in [2.05, 4.69) is 17.4 Å². The van der Waals surface area contributed by atoms with E-state index >= 15 is 0 Å². The third-order valence-electron chi connectivity index (χ3n) is 3.02. The minimum Gasteiger partial charge on any atom is -0.394 e. The lowest BCUT2D eigenvalue weighted by molar-refractivity contribution is -0.130. The van der Waals surface area contributed by atoms with Crippen molar-refractivity contribution in [2.45, 2.75) is 31.4 Å². The molecule has 0 bridgehead atoms. The van der Waals surface area contributed by atoms with Crippen LogP contribution in [0.5, 0.6) is 0 Å². The van der Waals surface area contributed by atoms with E-state index < -0.39 is 0 Å². The average molecular weight is 237 g/mol. The first-order valence-corrected chi connectivity index (χ1v) is 5.90. The maximum Gasteiger partial charge on any atom is 0.172 e. The van der Waals surface area contributed by atoms with Gasteiger partial charge in [-0.2, -0.15) is 0 Å². The van der Waals surface area contributed by atoms with Crippen LogP contribution in [0.1, 0.15) is 12.0 Å². The largest absolute Gasteiger partial charge is 0.394 e. The predicted molar refractivity (Wildman–Crippen MR) is 64.4 cm³/mol. The summed E-state index contributed by atoms with van der Waals surface area (Å²) in [5, 5.41) is 12.5. The Hall–Kier alpha value is -0.940. The summed E-state index contributed by atoms with van der Waals surface area (Å²) >= 11 is 0. The molecule has 1 aliphatic rings. The predicted octanol–water partition coefficient (Wildman–Crippen LogP) is 0.898. The topological polar surface area (TPSA) is 50.7 Å². The van der Waals surface area contributed by atoms with Crippen LogP contribution in [0, 0.1) is 0 Å². The summed E-state index contributed by atoms with van der Waals surface area (Å²) in [6, 6.07) is 10.3. The number of rotatable bonds is 5. The molecule has 0 radical (unpaired) electrons. The average Bonchev–Trinajstić information content (AvgIpc) is 2.80. The van der Waals surface area contributed by atoms with E-state index in [1.54, 1.807) is 7.11 Å². The van der Waals surface area contributed by atoms with E-state index in [0.717, 1.165) is 13.0 Å². The maximum absolute atomic E-state index is 9.07. The van der Waals surface area contributed by atoms with Gasteiger partial charge in [-0.15, -0.1) is 0 Å². The number of ether oxygens (including phenoxy) is 2. The van der Waals surface area contributed by atoms with Gasteiger partial charge in [0.15, 0.2) is 6.29 Å². The first-order chi connectivity index (χ1) is 8.33. The Morgan fingerprint density at radius 3 is 2.82 bits per heavy atom. The molecule has 17 heavy (non-hydrogen) atoms. The SMILES string of the molecule is CO[C@@H]1O[C@H](CO)C[C@H]1NCc1ccccc1. The molecule has 0 amide bonds. The molecule has 1 saturated heterocycles. The van der Waals surface area contributed by atoms with Crippen molar-refractivity contribution in [3.05, 3.63) is 35.9 Å². The fourth-order valence-electron chi connectivity index (χ4n) is 2.10. The minimum atomic E-state index is -0.268. The van der Waals surface area contributed by atoms with Gasteiger partial charge in [0.1, 0.15) is 0 Å². The van der Waals surface area contributed by atoms with Crippen LogP contribution in [0.25, 0.3) is 0 Å². The number of aliphatic hydroxyl groups is 1. The van der Waals surface area contributed by atoms with E-state index in [1.165, 1.54) is 5.56 Å². The van der Waals surface area contributed by atoms with Gasteiger partial charge < -0.3 is 19.9 Å². The van der Waals surface area contributed by atoms with Crippen molar-refractivity contribution >= 4 is 0 Å². The number of methoxy groups -OCH3 is 1. The Morgan fingerprint density at radius 2 is 2.18 bits per heavy atom. The van der Waals surface area contributed by atoms with Crippen molar-refractivity contribution in [2.75, 3.05) is 13.7 Å². The molecular formula is C13H19NO3. The van der Waals surface area contributed by atoms with Crippen LogP contribution in [0.2, 0.25) is 0 Å². The molecule has 1 fully saturated rings. The first kappa shape index (κ1) is 12.5. The highest BCUT2D eigenvalue weighted by Gasteiger charge is 2.34. The molecule has 2 rings (SSSR count). The molecular weight excluding hydrogens is 218 g/mol. The molecule has 0 aromatic heterocycles. The second-order valence-electron chi connectivity index (χ2n) is 4.25.